The second-order valence-electron chi connectivity index (χ2n) is 8.62. The van der Waals surface area contributed by atoms with E-state index in [1.165, 1.54) is 6.20 Å². The summed E-state index contributed by atoms with van der Waals surface area (Å²) in [5.74, 6) is -3.19. The van der Waals surface area contributed by atoms with Crippen molar-refractivity contribution in [3.05, 3.63) is 35.5 Å². The van der Waals surface area contributed by atoms with Gasteiger partial charge in [0.1, 0.15) is 5.56 Å². The number of alkyl halides is 3. The molecule has 0 amide bonds. The average molecular weight is 486 g/mol. The molecule has 0 radical (unpaired) electrons. The molecule has 0 spiro atoms. The normalized spacial score (nSPS) is 16.0. The Kier molecular flexibility index (Phi) is 9.22. The maximum absolute atomic E-state index is 11.8. The second kappa shape index (κ2) is 11.5. The van der Waals surface area contributed by atoms with Crippen LogP contribution in [0.5, 0.6) is 0 Å². The van der Waals surface area contributed by atoms with Crippen molar-refractivity contribution in [3.63, 3.8) is 0 Å². The molecule has 2 heterocycles. The summed E-state index contributed by atoms with van der Waals surface area (Å²) in [5.41, 5.74) is 2.91. The van der Waals surface area contributed by atoms with Crippen molar-refractivity contribution >= 4 is 28.5 Å². The number of likely N-dealkylation sites (tertiary alicyclic amines) is 1. The highest BCUT2D eigenvalue weighted by Gasteiger charge is 2.38. The smallest absolute Gasteiger partial charge is 0.478 e. The number of fused-ring (bicyclic) bond motifs is 1. The SMILES string of the molecule is Cc1ccc2ncc(C(=O)O)c(N(C)CC3CCN(CC(C)O)CC3)c2c1.O=C(O)C(F)(F)F. The van der Waals surface area contributed by atoms with Crippen LogP contribution in [0.4, 0.5) is 18.9 Å². The average Bonchev–Trinajstić information content (AvgIpc) is 2.73. The molecule has 1 unspecified atom stereocenters. The summed E-state index contributed by atoms with van der Waals surface area (Å²) in [6, 6.07) is 5.96. The number of aromatic carboxylic acids is 1. The molecular weight excluding hydrogens is 455 g/mol. The number of β-amino-alcohol motifs (C(OH)–C–C–N with tert-alkyl or cyclic N) is 1. The van der Waals surface area contributed by atoms with E-state index >= 15 is 0 Å². The molecule has 0 saturated carbocycles. The van der Waals surface area contributed by atoms with Gasteiger partial charge in [-0.05, 0) is 57.8 Å². The molecule has 1 aliphatic heterocycles. The molecule has 8 nitrogen and oxygen atoms in total. The highest BCUT2D eigenvalue weighted by Crippen LogP contribution is 2.31. The molecule has 3 rings (SSSR count). The van der Waals surface area contributed by atoms with E-state index in [1.54, 1.807) is 0 Å². The third-order valence-electron chi connectivity index (χ3n) is 5.61. The van der Waals surface area contributed by atoms with Crippen LogP contribution in [0.3, 0.4) is 0 Å². The summed E-state index contributed by atoms with van der Waals surface area (Å²) in [6.07, 6.45) is -1.80. The summed E-state index contributed by atoms with van der Waals surface area (Å²) < 4.78 is 31.7. The van der Waals surface area contributed by atoms with Crippen molar-refractivity contribution in [2.45, 2.75) is 39.0 Å². The number of carboxylic acid groups (broad SMARTS) is 2. The largest absolute Gasteiger partial charge is 0.490 e. The molecule has 0 bridgehead atoms. The highest BCUT2D eigenvalue weighted by atomic mass is 19.4. The van der Waals surface area contributed by atoms with Crippen molar-refractivity contribution in [2.75, 3.05) is 38.1 Å². The third kappa shape index (κ3) is 7.56. The van der Waals surface area contributed by atoms with Crippen LogP contribution in [0.25, 0.3) is 10.9 Å². The lowest BCUT2D eigenvalue weighted by atomic mass is 9.95. The van der Waals surface area contributed by atoms with Crippen LogP contribution in [0.1, 0.15) is 35.7 Å². The number of piperidine rings is 1. The first-order valence-corrected chi connectivity index (χ1v) is 10.8. The topological polar surface area (TPSA) is 114 Å². The third-order valence-corrected chi connectivity index (χ3v) is 5.61. The molecule has 188 valence electrons. The fraction of sp³-hybridized carbons (Fsp3) is 0.522. The number of hydrogen-bond acceptors (Lipinski definition) is 6. The van der Waals surface area contributed by atoms with Gasteiger partial charge in [0.15, 0.2) is 0 Å². The number of hydrogen-bond donors (Lipinski definition) is 3. The Morgan fingerprint density at radius 3 is 2.32 bits per heavy atom. The maximum Gasteiger partial charge on any atom is 0.490 e. The van der Waals surface area contributed by atoms with Gasteiger partial charge in [0.2, 0.25) is 0 Å². The van der Waals surface area contributed by atoms with E-state index in [1.807, 2.05) is 39.1 Å². The van der Waals surface area contributed by atoms with Crippen LogP contribution in [0.15, 0.2) is 24.4 Å². The van der Waals surface area contributed by atoms with E-state index in [4.69, 9.17) is 9.90 Å². The first kappa shape index (κ1) is 27.3. The van der Waals surface area contributed by atoms with Crippen LogP contribution >= 0.6 is 0 Å². The standard InChI is InChI=1S/C21H29N3O3.C2HF3O2/c1-14-4-5-19-17(10-14)20(18(11-22-19)21(26)27)23(3)13-16-6-8-24(9-7-16)12-15(2)25;3-2(4,5)1(6)7/h4-5,10-11,15-16,25H,6-9,12-13H2,1-3H3,(H,26,27);(H,6,7). The van der Waals surface area contributed by atoms with Crippen LogP contribution in [0.2, 0.25) is 0 Å². The fourth-order valence-electron chi connectivity index (χ4n) is 4.06. The molecule has 1 aromatic heterocycles. The maximum atomic E-state index is 11.8. The minimum absolute atomic E-state index is 0.252. The quantitative estimate of drug-likeness (QED) is 0.571. The van der Waals surface area contributed by atoms with Crippen molar-refractivity contribution in [3.8, 4) is 0 Å². The predicted octanol–water partition coefficient (Wildman–Crippen LogP) is 3.40. The lowest BCUT2D eigenvalue weighted by molar-refractivity contribution is -0.192. The van der Waals surface area contributed by atoms with Crippen LogP contribution in [-0.4, -0.2) is 82.6 Å². The molecule has 11 heteroatoms. The Labute approximate surface area is 195 Å². The second-order valence-corrected chi connectivity index (χ2v) is 8.62. The number of carboxylic acids is 2. The van der Waals surface area contributed by atoms with E-state index in [0.29, 0.717) is 5.92 Å². The van der Waals surface area contributed by atoms with E-state index < -0.39 is 18.1 Å². The molecule has 0 aliphatic carbocycles. The Balaban J connectivity index is 0.000000509. The van der Waals surface area contributed by atoms with E-state index in [0.717, 1.165) is 61.2 Å². The van der Waals surface area contributed by atoms with Gasteiger partial charge in [-0.3, -0.25) is 4.98 Å². The van der Waals surface area contributed by atoms with Gasteiger partial charge >= 0.3 is 18.1 Å². The van der Waals surface area contributed by atoms with Gasteiger partial charge in [-0.15, -0.1) is 0 Å². The molecule has 1 aromatic carbocycles. The molecule has 2 aromatic rings. The van der Waals surface area contributed by atoms with Crippen molar-refractivity contribution in [1.82, 2.24) is 9.88 Å². The van der Waals surface area contributed by atoms with Crippen molar-refractivity contribution < 1.29 is 38.1 Å². The number of aliphatic hydroxyl groups excluding tert-OH is 1. The summed E-state index contributed by atoms with van der Waals surface area (Å²) >= 11 is 0. The molecule has 1 atom stereocenters. The van der Waals surface area contributed by atoms with E-state index in [9.17, 15) is 28.2 Å². The molecular formula is C23H30F3N3O5. The molecule has 1 saturated heterocycles. The van der Waals surface area contributed by atoms with Gasteiger partial charge in [-0.25, -0.2) is 9.59 Å². The summed E-state index contributed by atoms with van der Waals surface area (Å²) in [6.45, 7) is 7.32. The number of pyridine rings is 1. The monoisotopic (exact) mass is 485 g/mol. The first-order valence-electron chi connectivity index (χ1n) is 10.8. The minimum Gasteiger partial charge on any atom is -0.478 e. The van der Waals surface area contributed by atoms with Gasteiger partial charge < -0.3 is 25.1 Å². The van der Waals surface area contributed by atoms with Crippen LogP contribution in [-0.2, 0) is 4.79 Å². The number of rotatable bonds is 6. The highest BCUT2D eigenvalue weighted by molar-refractivity contribution is 6.04. The predicted molar refractivity (Wildman–Crippen MR) is 121 cm³/mol. The molecule has 1 aliphatic rings. The van der Waals surface area contributed by atoms with Gasteiger partial charge in [0, 0.05) is 31.7 Å². The lowest BCUT2D eigenvalue weighted by Gasteiger charge is -2.35. The van der Waals surface area contributed by atoms with Crippen molar-refractivity contribution in [2.24, 2.45) is 5.92 Å². The number of aliphatic hydroxyl groups is 1. The first-order chi connectivity index (χ1) is 15.8. The van der Waals surface area contributed by atoms with Gasteiger partial charge in [0.05, 0.1) is 17.3 Å². The van der Waals surface area contributed by atoms with Crippen molar-refractivity contribution in [1.29, 1.82) is 0 Å². The molecule has 34 heavy (non-hydrogen) atoms. The Morgan fingerprint density at radius 2 is 1.82 bits per heavy atom. The van der Waals surface area contributed by atoms with E-state index in [-0.39, 0.29) is 11.7 Å². The number of aryl methyl sites for hydroxylation is 1. The molecule has 1 fully saturated rings. The number of aromatic nitrogens is 1. The van der Waals surface area contributed by atoms with E-state index in [2.05, 4.69) is 14.8 Å². The van der Waals surface area contributed by atoms with Crippen LogP contribution in [0, 0.1) is 12.8 Å². The number of nitrogens with zero attached hydrogens (tertiary/aromatic N) is 3. The van der Waals surface area contributed by atoms with Gasteiger partial charge in [0.25, 0.3) is 0 Å². The number of aliphatic carboxylic acids is 1. The van der Waals surface area contributed by atoms with Crippen LogP contribution < -0.4 is 4.90 Å². The number of anilines is 1. The Hall–Kier alpha value is -2.92. The number of carbonyl (C=O) groups is 2. The zero-order chi connectivity index (χ0) is 25.6. The summed E-state index contributed by atoms with van der Waals surface area (Å²) in [4.78, 5) is 29.4. The van der Waals surface area contributed by atoms with Gasteiger partial charge in [-0.1, -0.05) is 11.6 Å². The Morgan fingerprint density at radius 1 is 1.24 bits per heavy atom. The minimum atomic E-state index is -5.08. The Bertz CT molecular complexity index is 1010. The number of benzene rings is 1. The zero-order valence-corrected chi connectivity index (χ0v) is 19.3. The summed E-state index contributed by atoms with van der Waals surface area (Å²) in [7, 11) is 1.98. The molecule has 3 N–H and O–H groups in total. The fourth-order valence-corrected chi connectivity index (χ4v) is 4.06. The summed E-state index contributed by atoms with van der Waals surface area (Å²) in [5, 5.41) is 27.2. The van der Waals surface area contributed by atoms with Gasteiger partial charge in [-0.2, -0.15) is 13.2 Å². The zero-order valence-electron chi connectivity index (χ0n) is 19.3. The number of halogens is 3. The lowest BCUT2D eigenvalue weighted by Crippen LogP contribution is -2.40.